The van der Waals surface area contributed by atoms with Gasteiger partial charge >= 0.3 is 0 Å². The highest BCUT2D eigenvalue weighted by Crippen LogP contribution is 2.06. The Balaban J connectivity index is 2.86. The minimum atomic E-state index is -0.0449. The van der Waals surface area contributed by atoms with Crippen LogP contribution in [0.4, 0.5) is 5.69 Å². The van der Waals surface area contributed by atoms with Crippen molar-refractivity contribution in [1.29, 1.82) is 0 Å². The summed E-state index contributed by atoms with van der Waals surface area (Å²) in [6.45, 7) is 5.60. The molecule has 5 heteroatoms. The predicted molar refractivity (Wildman–Crippen MR) is 70.6 cm³/mol. The van der Waals surface area contributed by atoms with E-state index in [2.05, 4.69) is 17.3 Å². The van der Waals surface area contributed by atoms with E-state index in [0.717, 1.165) is 18.7 Å². The lowest BCUT2D eigenvalue weighted by Crippen LogP contribution is -2.35. The fourth-order valence-electron chi connectivity index (χ4n) is 1.59. The Labute approximate surface area is 102 Å². The van der Waals surface area contributed by atoms with Gasteiger partial charge in [-0.25, -0.2) is 4.68 Å². The van der Waals surface area contributed by atoms with Crippen LogP contribution in [0.25, 0.3) is 0 Å². The Morgan fingerprint density at radius 1 is 1.53 bits per heavy atom. The zero-order chi connectivity index (χ0) is 12.8. The van der Waals surface area contributed by atoms with Crippen molar-refractivity contribution in [3.05, 3.63) is 22.6 Å². The Morgan fingerprint density at radius 2 is 2.24 bits per heavy atom. The lowest BCUT2D eigenvalue weighted by atomic mass is 10.2. The third kappa shape index (κ3) is 3.56. The highest BCUT2D eigenvalue weighted by molar-refractivity contribution is 5.41. The number of likely N-dealkylation sites (N-methyl/N-ethyl adjacent to an activating group) is 1. The first-order chi connectivity index (χ1) is 8.12. The van der Waals surface area contributed by atoms with Crippen LogP contribution >= 0.6 is 0 Å². The van der Waals surface area contributed by atoms with Crippen LogP contribution in [0.5, 0.6) is 0 Å². The molecular weight excluding hydrogens is 216 g/mol. The maximum absolute atomic E-state index is 11.9. The van der Waals surface area contributed by atoms with Gasteiger partial charge in [-0.3, -0.25) is 4.79 Å². The number of hydrogen-bond acceptors (Lipinski definition) is 4. The highest BCUT2D eigenvalue weighted by Gasteiger charge is 2.08. The van der Waals surface area contributed by atoms with E-state index in [1.54, 1.807) is 12.3 Å². The van der Waals surface area contributed by atoms with Crippen molar-refractivity contribution < 1.29 is 0 Å². The fraction of sp³-hybridized carbons (Fsp3) is 0.667. The highest BCUT2D eigenvalue weighted by atomic mass is 16.1. The monoisotopic (exact) mass is 238 g/mol. The van der Waals surface area contributed by atoms with Crippen LogP contribution in [0.2, 0.25) is 0 Å². The molecule has 5 nitrogen and oxygen atoms in total. The largest absolute Gasteiger partial charge is 0.373 e. The molecule has 0 bridgehead atoms. The SMILES string of the molecule is CCC(Cn1ncc(N(C)CC)cc1=O)NC. The van der Waals surface area contributed by atoms with Crippen molar-refractivity contribution in [2.75, 3.05) is 25.5 Å². The summed E-state index contributed by atoms with van der Waals surface area (Å²) in [4.78, 5) is 13.9. The molecule has 1 unspecified atom stereocenters. The van der Waals surface area contributed by atoms with Crippen molar-refractivity contribution in [2.45, 2.75) is 32.9 Å². The van der Waals surface area contributed by atoms with Crippen LogP contribution in [0.3, 0.4) is 0 Å². The van der Waals surface area contributed by atoms with Gasteiger partial charge < -0.3 is 10.2 Å². The third-order valence-electron chi connectivity index (χ3n) is 3.06. The molecule has 0 spiro atoms. The maximum atomic E-state index is 11.9. The average molecular weight is 238 g/mol. The van der Waals surface area contributed by atoms with Gasteiger partial charge in [-0.15, -0.1) is 0 Å². The Morgan fingerprint density at radius 3 is 2.71 bits per heavy atom. The molecule has 0 aromatic carbocycles. The van der Waals surface area contributed by atoms with Crippen molar-refractivity contribution in [1.82, 2.24) is 15.1 Å². The van der Waals surface area contributed by atoms with Crippen molar-refractivity contribution in [2.24, 2.45) is 0 Å². The molecule has 0 fully saturated rings. The topological polar surface area (TPSA) is 50.2 Å². The van der Waals surface area contributed by atoms with Crippen LogP contribution in [0.1, 0.15) is 20.3 Å². The first kappa shape index (κ1) is 13.7. The molecule has 1 atom stereocenters. The first-order valence-electron chi connectivity index (χ1n) is 6.07. The number of anilines is 1. The predicted octanol–water partition coefficient (Wildman–Crippen LogP) is 0.697. The Bertz CT molecular complexity index is 398. The summed E-state index contributed by atoms with van der Waals surface area (Å²) in [6, 6.07) is 1.92. The van der Waals surface area contributed by atoms with Gasteiger partial charge in [0.05, 0.1) is 18.4 Å². The summed E-state index contributed by atoms with van der Waals surface area (Å²) in [5.74, 6) is 0. The van der Waals surface area contributed by atoms with E-state index in [1.807, 2.05) is 25.9 Å². The van der Waals surface area contributed by atoms with E-state index < -0.39 is 0 Å². The molecule has 1 aromatic heterocycles. The molecule has 96 valence electrons. The van der Waals surface area contributed by atoms with Crippen molar-refractivity contribution in [3.8, 4) is 0 Å². The number of rotatable bonds is 6. The summed E-state index contributed by atoms with van der Waals surface area (Å²) in [6.07, 6.45) is 2.72. The normalized spacial score (nSPS) is 12.5. The summed E-state index contributed by atoms with van der Waals surface area (Å²) in [5, 5.41) is 7.37. The number of hydrogen-bond donors (Lipinski definition) is 1. The molecule has 1 N–H and O–H groups in total. The van der Waals surface area contributed by atoms with Crippen molar-refractivity contribution >= 4 is 5.69 Å². The van der Waals surface area contributed by atoms with Gasteiger partial charge in [0, 0.05) is 25.7 Å². The molecule has 0 saturated carbocycles. The standard InChI is InChI=1S/C12H22N4O/c1-5-10(13-3)9-16-12(17)7-11(8-14-16)15(4)6-2/h7-8,10,13H,5-6,9H2,1-4H3. The molecule has 1 heterocycles. The smallest absolute Gasteiger partial charge is 0.268 e. The fourth-order valence-corrected chi connectivity index (χ4v) is 1.59. The zero-order valence-electron chi connectivity index (χ0n) is 11.1. The Kier molecular flexibility index (Phi) is 5.15. The van der Waals surface area contributed by atoms with Crippen LogP contribution in [-0.2, 0) is 6.54 Å². The van der Waals surface area contributed by atoms with Crippen LogP contribution in [0, 0.1) is 0 Å². The molecule has 0 amide bonds. The number of nitrogens with one attached hydrogen (secondary N) is 1. The van der Waals surface area contributed by atoms with Crippen LogP contribution in [0.15, 0.2) is 17.1 Å². The molecule has 0 aliphatic carbocycles. The van der Waals surface area contributed by atoms with E-state index >= 15 is 0 Å². The summed E-state index contributed by atoms with van der Waals surface area (Å²) in [7, 11) is 3.85. The van der Waals surface area contributed by atoms with E-state index in [-0.39, 0.29) is 11.6 Å². The van der Waals surface area contributed by atoms with E-state index in [9.17, 15) is 4.79 Å². The Hall–Kier alpha value is -1.36. The van der Waals surface area contributed by atoms with Crippen LogP contribution < -0.4 is 15.8 Å². The second-order valence-electron chi connectivity index (χ2n) is 4.14. The molecule has 0 saturated heterocycles. The average Bonchev–Trinajstić information content (AvgIpc) is 2.36. The van der Waals surface area contributed by atoms with Gasteiger partial charge in [0.2, 0.25) is 0 Å². The molecule has 0 aliphatic rings. The van der Waals surface area contributed by atoms with Crippen molar-refractivity contribution in [3.63, 3.8) is 0 Å². The van der Waals surface area contributed by atoms with Gasteiger partial charge in [0.15, 0.2) is 0 Å². The number of nitrogens with zero attached hydrogens (tertiary/aromatic N) is 3. The molecule has 17 heavy (non-hydrogen) atoms. The van der Waals surface area contributed by atoms with Gasteiger partial charge in [0.25, 0.3) is 5.56 Å². The van der Waals surface area contributed by atoms with E-state index in [4.69, 9.17) is 0 Å². The lowest BCUT2D eigenvalue weighted by molar-refractivity contribution is 0.429. The summed E-state index contributed by atoms with van der Waals surface area (Å²) < 4.78 is 1.51. The third-order valence-corrected chi connectivity index (χ3v) is 3.06. The second kappa shape index (κ2) is 6.39. The van der Waals surface area contributed by atoms with Gasteiger partial charge in [-0.2, -0.15) is 5.10 Å². The second-order valence-corrected chi connectivity index (χ2v) is 4.14. The molecule has 1 rings (SSSR count). The maximum Gasteiger partial charge on any atom is 0.268 e. The quantitative estimate of drug-likeness (QED) is 0.792. The molecule has 0 radical (unpaired) electrons. The van der Waals surface area contributed by atoms with Gasteiger partial charge in [0.1, 0.15) is 0 Å². The van der Waals surface area contributed by atoms with E-state index in [0.29, 0.717) is 6.54 Å². The lowest BCUT2D eigenvalue weighted by Gasteiger charge is -2.18. The first-order valence-corrected chi connectivity index (χ1v) is 6.07. The summed E-state index contributed by atoms with van der Waals surface area (Å²) >= 11 is 0. The molecule has 0 aliphatic heterocycles. The van der Waals surface area contributed by atoms with E-state index in [1.165, 1.54) is 4.68 Å². The van der Waals surface area contributed by atoms with Gasteiger partial charge in [-0.1, -0.05) is 6.92 Å². The zero-order valence-corrected chi connectivity index (χ0v) is 11.1. The van der Waals surface area contributed by atoms with Gasteiger partial charge in [-0.05, 0) is 20.4 Å². The minimum absolute atomic E-state index is 0.0449. The molecule has 1 aromatic rings. The minimum Gasteiger partial charge on any atom is -0.373 e. The molecular formula is C12H22N4O. The number of aromatic nitrogens is 2. The summed E-state index contributed by atoms with van der Waals surface area (Å²) in [5.41, 5.74) is 0.822. The van der Waals surface area contributed by atoms with Crippen LogP contribution in [-0.4, -0.2) is 36.5 Å².